The highest BCUT2D eigenvalue weighted by molar-refractivity contribution is 7.89. The van der Waals surface area contributed by atoms with E-state index in [2.05, 4.69) is 4.72 Å². The molecule has 0 bridgehead atoms. The molecule has 8 nitrogen and oxygen atoms in total. The van der Waals surface area contributed by atoms with E-state index in [9.17, 15) is 26.7 Å². The standard InChI is InChI=1S/C21H19NO7S2/c23-21(24)20(22-30(25,26)18-7-3-1-4-8-18)15-16-11-13-17(14-12-16)29-31(27,28)19-9-5-2-6-10-19/h1-14,20,22H,15H2,(H,23,24). The summed E-state index contributed by atoms with van der Waals surface area (Å²) in [5, 5.41) is 9.45. The van der Waals surface area contributed by atoms with Crippen LogP contribution < -0.4 is 8.91 Å². The molecule has 3 aromatic carbocycles. The molecule has 0 aliphatic carbocycles. The molecule has 0 amide bonds. The Balaban J connectivity index is 1.72. The van der Waals surface area contributed by atoms with E-state index in [-0.39, 0.29) is 22.0 Å². The molecule has 0 fully saturated rings. The molecule has 2 N–H and O–H groups in total. The number of hydrogen-bond donors (Lipinski definition) is 2. The molecule has 0 saturated heterocycles. The Morgan fingerprint density at radius 2 is 1.32 bits per heavy atom. The van der Waals surface area contributed by atoms with E-state index in [0.717, 1.165) is 0 Å². The van der Waals surface area contributed by atoms with Gasteiger partial charge in [0.2, 0.25) is 10.0 Å². The highest BCUT2D eigenvalue weighted by Gasteiger charge is 2.25. The van der Waals surface area contributed by atoms with Gasteiger partial charge in [-0.1, -0.05) is 48.5 Å². The van der Waals surface area contributed by atoms with Crippen molar-refractivity contribution >= 4 is 26.1 Å². The average molecular weight is 462 g/mol. The zero-order chi connectivity index (χ0) is 22.5. The van der Waals surface area contributed by atoms with E-state index < -0.39 is 32.2 Å². The number of nitrogens with one attached hydrogen (secondary N) is 1. The molecule has 1 atom stereocenters. The second kappa shape index (κ2) is 9.29. The van der Waals surface area contributed by atoms with Gasteiger partial charge in [0.15, 0.2) is 0 Å². The molecule has 162 valence electrons. The van der Waals surface area contributed by atoms with Crippen molar-refractivity contribution in [3.8, 4) is 5.75 Å². The first-order valence-corrected chi connectivity index (χ1v) is 12.0. The average Bonchev–Trinajstić information content (AvgIpc) is 2.75. The van der Waals surface area contributed by atoms with Gasteiger partial charge in [0, 0.05) is 0 Å². The minimum absolute atomic E-state index is 0.000311. The van der Waals surface area contributed by atoms with Crippen LogP contribution in [0.3, 0.4) is 0 Å². The summed E-state index contributed by atoms with van der Waals surface area (Å²) in [5.74, 6) is -1.30. The van der Waals surface area contributed by atoms with Crippen molar-refractivity contribution < 1.29 is 30.9 Å². The van der Waals surface area contributed by atoms with E-state index >= 15 is 0 Å². The second-order valence-electron chi connectivity index (χ2n) is 6.52. The maximum Gasteiger partial charge on any atom is 0.339 e. The SMILES string of the molecule is O=C(O)C(Cc1ccc(OS(=O)(=O)c2ccccc2)cc1)NS(=O)(=O)c1ccccc1. The summed E-state index contributed by atoms with van der Waals surface area (Å²) < 4.78 is 56.6. The van der Waals surface area contributed by atoms with Gasteiger partial charge in [0.25, 0.3) is 0 Å². The van der Waals surface area contributed by atoms with Gasteiger partial charge < -0.3 is 9.29 Å². The van der Waals surface area contributed by atoms with Gasteiger partial charge in [-0.2, -0.15) is 13.1 Å². The number of carboxylic acid groups (broad SMARTS) is 1. The molecule has 10 heteroatoms. The number of benzene rings is 3. The summed E-state index contributed by atoms with van der Waals surface area (Å²) in [6.07, 6.45) is -0.146. The number of aliphatic carboxylic acids is 1. The van der Waals surface area contributed by atoms with Crippen LogP contribution in [0, 0.1) is 0 Å². The summed E-state index contributed by atoms with van der Waals surface area (Å²) in [5.41, 5.74) is 0.479. The van der Waals surface area contributed by atoms with Crippen LogP contribution in [0.1, 0.15) is 5.56 Å². The van der Waals surface area contributed by atoms with Crippen LogP contribution in [0.25, 0.3) is 0 Å². The summed E-state index contributed by atoms with van der Waals surface area (Å²) in [4.78, 5) is 11.5. The maximum absolute atomic E-state index is 12.4. The Kier molecular flexibility index (Phi) is 6.74. The van der Waals surface area contributed by atoms with Crippen LogP contribution in [0.2, 0.25) is 0 Å². The predicted molar refractivity (Wildman–Crippen MR) is 113 cm³/mol. The van der Waals surface area contributed by atoms with Gasteiger partial charge in [0.1, 0.15) is 16.7 Å². The Morgan fingerprint density at radius 3 is 1.84 bits per heavy atom. The van der Waals surface area contributed by atoms with Crippen LogP contribution in [0.5, 0.6) is 5.75 Å². The molecule has 0 radical (unpaired) electrons. The van der Waals surface area contributed by atoms with Crippen molar-refractivity contribution in [1.82, 2.24) is 4.72 Å². The molecular formula is C21H19NO7S2. The fourth-order valence-electron chi connectivity index (χ4n) is 2.71. The molecule has 3 rings (SSSR count). The maximum atomic E-state index is 12.4. The summed E-state index contributed by atoms with van der Waals surface area (Å²) in [6.45, 7) is 0. The Morgan fingerprint density at radius 1 is 0.806 bits per heavy atom. The molecule has 3 aromatic rings. The lowest BCUT2D eigenvalue weighted by atomic mass is 10.1. The zero-order valence-electron chi connectivity index (χ0n) is 16.1. The molecule has 0 heterocycles. The summed E-state index contributed by atoms with van der Waals surface area (Å²) in [6, 6.07) is 19.4. The third-order valence-electron chi connectivity index (χ3n) is 4.25. The largest absolute Gasteiger partial charge is 0.480 e. The van der Waals surface area contributed by atoms with Crippen LogP contribution in [0.4, 0.5) is 0 Å². The van der Waals surface area contributed by atoms with Crippen molar-refractivity contribution in [3.05, 3.63) is 90.5 Å². The molecule has 0 spiro atoms. The van der Waals surface area contributed by atoms with Crippen LogP contribution in [-0.2, 0) is 31.4 Å². The molecule has 0 aliphatic heterocycles. The number of carboxylic acids is 1. The van der Waals surface area contributed by atoms with Crippen molar-refractivity contribution in [3.63, 3.8) is 0 Å². The molecular weight excluding hydrogens is 442 g/mol. The zero-order valence-corrected chi connectivity index (χ0v) is 17.7. The fourth-order valence-corrected chi connectivity index (χ4v) is 4.87. The molecule has 0 aromatic heterocycles. The third kappa shape index (κ3) is 5.91. The Labute approximate surface area is 180 Å². The Bertz CT molecular complexity index is 1240. The highest BCUT2D eigenvalue weighted by Crippen LogP contribution is 2.20. The van der Waals surface area contributed by atoms with E-state index in [1.807, 2.05) is 0 Å². The van der Waals surface area contributed by atoms with E-state index in [1.54, 1.807) is 24.3 Å². The van der Waals surface area contributed by atoms with Crippen LogP contribution in [-0.4, -0.2) is 34.0 Å². The second-order valence-corrected chi connectivity index (χ2v) is 9.78. The van der Waals surface area contributed by atoms with Crippen LogP contribution in [0.15, 0.2) is 94.7 Å². The number of carbonyl (C=O) groups is 1. The third-order valence-corrected chi connectivity index (χ3v) is 7.00. The molecule has 1 unspecified atom stereocenters. The first-order chi connectivity index (χ1) is 14.7. The number of rotatable bonds is 9. The minimum Gasteiger partial charge on any atom is -0.480 e. The van der Waals surface area contributed by atoms with E-state index in [0.29, 0.717) is 5.56 Å². The van der Waals surface area contributed by atoms with E-state index in [4.69, 9.17) is 4.18 Å². The quantitative estimate of drug-likeness (QED) is 0.469. The van der Waals surface area contributed by atoms with E-state index in [1.165, 1.54) is 60.7 Å². The first-order valence-electron chi connectivity index (χ1n) is 9.06. The fraction of sp³-hybridized carbons (Fsp3) is 0.0952. The summed E-state index contributed by atoms with van der Waals surface area (Å²) in [7, 11) is -8.03. The smallest absolute Gasteiger partial charge is 0.339 e. The molecule has 31 heavy (non-hydrogen) atoms. The number of sulfonamides is 1. The lowest BCUT2D eigenvalue weighted by Crippen LogP contribution is -2.42. The topological polar surface area (TPSA) is 127 Å². The highest BCUT2D eigenvalue weighted by atomic mass is 32.2. The van der Waals surface area contributed by atoms with Gasteiger partial charge in [-0.25, -0.2) is 8.42 Å². The van der Waals surface area contributed by atoms with Gasteiger partial charge >= 0.3 is 16.1 Å². The van der Waals surface area contributed by atoms with Crippen molar-refractivity contribution in [2.45, 2.75) is 22.3 Å². The molecule has 0 saturated carbocycles. The predicted octanol–water partition coefficient (Wildman–Crippen LogP) is 2.43. The van der Waals surface area contributed by atoms with Crippen molar-refractivity contribution in [2.24, 2.45) is 0 Å². The minimum atomic E-state index is -4.02. The normalized spacial score (nSPS) is 12.8. The molecule has 0 aliphatic rings. The summed E-state index contributed by atoms with van der Waals surface area (Å²) >= 11 is 0. The van der Waals surface area contributed by atoms with Gasteiger partial charge in [-0.15, -0.1) is 0 Å². The first kappa shape index (κ1) is 22.5. The lowest BCUT2D eigenvalue weighted by molar-refractivity contribution is -0.138. The van der Waals surface area contributed by atoms with Gasteiger partial charge in [0.05, 0.1) is 4.90 Å². The number of hydrogen-bond acceptors (Lipinski definition) is 6. The Hall–Kier alpha value is -3.21. The monoisotopic (exact) mass is 461 g/mol. The lowest BCUT2D eigenvalue weighted by Gasteiger charge is -2.15. The van der Waals surface area contributed by atoms with Crippen molar-refractivity contribution in [2.75, 3.05) is 0 Å². The van der Waals surface area contributed by atoms with Gasteiger partial charge in [-0.05, 0) is 48.4 Å². The van der Waals surface area contributed by atoms with Crippen molar-refractivity contribution in [1.29, 1.82) is 0 Å². The van der Waals surface area contributed by atoms with Crippen LogP contribution >= 0.6 is 0 Å². The van der Waals surface area contributed by atoms with Gasteiger partial charge in [-0.3, -0.25) is 4.79 Å².